The van der Waals surface area contributed by atoms with Crippen molar-refractivity contribution in [3.63, 3.8) is 0 Å². The summed E-state index contributed by atoms with van der Waals surface area (Å²) >= 11 is 0. The lowest BCUT2D eigenvalue weighted by molar-refractivity contribution is 0.0529. The zero-order chi connectivity index (χ0) is 16.7. The minimum Gasteiger partial charge on any atom is -0.506 e. The Morgan fingerprint density at radius 2 is 2.04 bits per heavy atom. The standard InChI is InChI=1S/C20H17NO3/c1-12-20(23)19-16(10-21-12)11-24-18(19)9-17(22)15-7-6-13-4-2-3-5-14(13)8-15/h2-8,10,18,23H,9,11H2,1H3. The number of ether oxygens (including phenoxy) is 1. The number of aromatic hydroxyl groups is 1. The normalized spacial score (nSPS) is 16.3. The lowest BCUT2D eigenvalue weighted by Crippen LogP contribution is -2.07. The van der Waals surface area contributed by atoms with Crippen LogP contribution in [-0.2, 0) is 11.3 Å². The summed E-state index contributed by atoms with van der Waals surface area (Å²) in [4.78, 5) is 16.8. The summed E-state index contributed by atoms with van der Waals surface area (Å²) in [6.07, 6.45) is 1.51. The summed E-state index contributed by atoms with van der Waals surface area (Å²) in [7, 11) is 0. The van der Waals surface area contributed by atoms with Crippen LogP contribution in [0, 0.1) is 6.92 Å². The van der Waals surface area contributed by atoms with Crippen molar-refractivity contribution >= 4 is 16.6 Å². The third kappa shape index (κ3) is 2.45. The van der Waals surface area contributed by atoms with Crippen molar-refractivity contribution in [1.29, 1.82) is 0 Å². The number of carbonyl (C=O) groups is 1. The molecule has 120 valence electrons. The molecule has 0 saturated carbocycles. The number of hydrogen-bond donors (Lipinski definition) is 1. The number of aromatic nitrogens is 1. The summed E-state index contributed by atoms with van der Waals surface area (Å²) in [5, 5.41) is 12.4. The second kappa shape index (κ2) is 5.73. The highest BCUT2D eigenvalue weighted by Crippen LogP contribution is 2.40. The van der Waals surface area contributed by atoms with E-state index in [1.54, 1.807) is 13.1 Å². The number of hydrogen-bond acceptors (Lipinski definition) is 4. The Balaban J connectivity index is 1.62. The summed E-state index contributed by atoms with van der Waals surface area (Å²) in [5.41, 5.74) is 2.78. The quantitative estimate of drug-likeness (QED) is 0.739. The van der Waals surface area contributed by atoms with E-state index in [9.17, 15) is 9.90 Å². The minimum absolute atomic E-state index is 0.00692. The van der Waals surface area contributed by atoms with Gasteiger partial charge in [0.2, 0.25) is 0 Å². The van der Waals surface area contributed by atoms with Crippen LogP contribution in [0.5, 0.6) is 5.75 Å². The molecule has 1 aromatic heterocycles. The molecule has 1 N–H and O–H groups in total. The highest BCUT2D eigenvalue weighted by molar-refractivity contribution is 6.00. The lowest BCUT2D eigenvalue weighted by atomic mass is 9.97. The van der Waals surface area contributed by atoms with Crippen LogP contribution in [0.3, 0.4) is 0 Å². The molecule has 4 heteroatoms. The topological polar surface area (TPSA) is 59.4 Å². The van der Waals surface area contributed by atoms with Gasteiger partial charge < -0.3 is 9.84 Å². The molecule has 1 unspecified atom stereocenters. The maximum absolute atomic E-state index is 12.7. The third-order valence-electron chi connectivity index (χ3n) is 4.56. The van der Waals surface area contributed by atoms with Gasteiger partial charge in [-0.15, -0.1) is 0 Å². The van der Waals surface area contributed by atoms with Gasteiger partial charge in [0.05, 0.1) is 18.4 Å². The molecule has 2 heterocycles. The molecule has 4 nitrogen and oxygen atoms in total. The van der Waals surface area contributed by atoms with Crippen molar-refractivity contribution in [2.45, 2.75) is 26.1 Å². The molecule has 1 aliphatic heterocycles. The monoisotopic (exact) mass is 319 g/mol. The van der Waals surface area contributed by atoms with Crippen molar-refractivity contribution in [2.24, 2.45) is 0 Å². The van der Waals surface area contributed by atoms with E-state index < -0.39 is 6.10 Å². The van der Waals surface area contributed by atoms with E-state index in [1.165, 1.54) is 0 Å². The maximum Gasteiger partial charge on any atom is 0.165 e. The number of pyridine rings is 1. The summed E-state index contributed by atoms with van der Waals surface area (Å²) in [6, 6.07) is 13.7. The molecule has 0 amide bonds. The van der Waals surface area contributed by atoms with Crippen LogP contribution in [-0.4, -0.2) is 15.9 Å². The summed E-state index contributed by atoms with van der Waals surface area (Å²) in [6.45, 7) is 2.13. The molecular formula is C20H17NO3. The van der Waals surface area contributed by atoms with Gasteiger partial charge in [-0.05, 0) is 23.8 Å². The molecule has 0 spiro atoms. The average Bonchev–Trinajstić information content (AvgIpc) is 3.01. The minimum atomic E-state index is -0.416. The lowest BCUT2D eigenvalue weighted by Gasteiger charge is -2.13. The molecule has 0 bridgehead atoms. The van der Waals surface area contributed by atoms with Gasteiger partial charge in [0.1, 0.15) is 5.75 Å². The number of Topliss-reactive ketones (excluding diaryl/α,β-unsaturated/α-hetero) is 1. The van der Waals surface area contributed by atoms with Gasteiger partial charge >= 0.3 is 0 Å². The summed E-state index contributed by atoms with van der Waals surface area (Å²) < 4.78 is 5.72. The summed E-state index contributed by atoms with van der Waals surface area (Å²) in [5.74, 6) is 0.147. The molecule has 24 heavy (non-hydrogen) atoms. The van der Waals surface area contributed by atoms with E-state index in [-0.39, 0.29) is 18.0 Å². The third-order valence-corrected chi connectivity index (χ3v) is 4.56. The van der Waals surface area contributed by atoms with Crippen molar-refractivity contribution in [3.8, 4) is 5.75 Å². The maximum atomic E-state index is 12.7. The Bertz CT molecular complexity index is 949. The first-order chi connectivity index (χ1) is 11.6. The van der Waals surface area contributed by atoms with E-state index in [0.717, 1.165) is 16.3 Å². The molecule has 4 rings (SSSR count). The van der Waals surface area contributed by atoms with Gasteiger partial charge in [-0.3, -0.25) is 9.78 Å². The molecule has 0 radical (unpaired) electrons. The van der Waals surface area contributed by atoms with Crippen molar-refractivity contribution in [3.05, 3.63) is 71.0 Å². The van der Waals surface area contributed by atoms with Crippen LogP contribution >= 0.6 is 0 Å². The number of benzene rings is 2. The first-order valence-electron chi connectivity index (χ1n) is 7.94. The smallest absolute Gasteiger partial charge is 0.165 e. The fourth-order valence-corrected chi connectivity index (χ4v) is 3.21. The van der Waals surface area contributed by atoms with Gasteiger partial charge in [-0.1, -0.05) is 36.4 Å². The van der Waals surface area contributed by atoms with Crippen LogP contribution in [0.4, 0.5) is 0 Å². The Morgan fingerprint density at radius 1 is 1.25 bits per heavy atom. The number of carbonyl (C=O) groups excluding carboxylic acids is 1. The van der Waals surface area contributed by atoms with Crippen molar-refractivity contribution in [1.82, 2.24) is 4.98 Å². The van der Waals surface area contributed by atoms with E-state index in [0.29, 0.717) is 23.4 Å². The van der Waals surface area contributed by atoms with Crippen LogP contribution in [0.15, 0.2) is 48.7 Å². The fraction of sp³-hybridized carbons (Fsp3) is 0.200. The van der Waals surface area contributed by atoms with Gasteiger partial charge in [0, 0.05) is 29.3 Å². The predicted octanol–water partition coefficient (Wildman–Crippen LogP) is 4.09. The Hall–Kier alpha value is -2.72. The van der Waals surface area contributed by atoms with Gasteiger partial charge in [-0.2, -0.15) is 0 Å². The molecule has 3 aromatic rings. The molecule has 2 aromatic carbocycles. The number of ketones is 1. The van der Waals surface area contributed by atoms with E-state index in [4.69, 9.17) is 4.74 Å². The van der Waals surface area contributed by atoms with Gasteiger partial charge in [-0.25, -0.2) is 0 Å². The van der Waals surface area contributed by atoms with E-state index in [2.05, 4.69) is 4.98 Å². The molecule has 1 aliphatic rings. The number of aryl methyl sites for hydroxylation is 1. The zero-order valence-corrected chi connectivity index (χ0v) is 13.3. The zero-order valence-electron chi connectivity index (χ0n) is 13.3. The van der Waals surface area contributed by atoms with Gasteiger partial charge in [0.15, 0.2) is 5.78 Å². The highest BCUT2D eigenvalue weighted by Gasteiger charge is 2.30. The first kappa shape index (κ1) is 14.8. The number of rotatable bonds is 3. The van der Waals surface area contributed by atoms with Crippen LogP contribution in [0.2, 0.25) is 0 Å². The van der Waals surface area contributed by atoms with E-state index in [1.807, 2.05) is 42.5 Å². The van der Waals surface area contributed by atoms with E-state index >= 15 is 0 Å². The largest absolute Gasteiger partial charge is 0.506 e. The first-order valence-corrected chi connectivity index (χ1v) is 7.94. The van der Waals surface area contributed by atoms with Crippen LogP contribution < -0.4 is 0 Å². The molecule has 0 fully saturated rings. The Morgan fingerprint density at radius 3 is 2.88 bits per heavy atom. The Labute approximate surface area is 139 Å². The average molecular weight is 319 g/mol. The fourth-order valence-electron chi connectivity index (χ4n) is 3.21. The SMILES string of the molecule is Cc1ncc2c(c1O)C(CC(=O)c1ccc3ccccc3c1)OC2. The number of fused-ring (bicyclic) bond motifs is 2. The Kier molecular flexibility index (Phi) is 3.54. The molecule has 1 atom stereocenters. The number of nitrogens with zero attached hydrogens (tertiary/aromatic N) is 1. The molecular weight excluding hydrogens is 302 g/mol. The highest BCUT2D eigenvalue weighted by atomic mass is 16.5. The van der Waals surface area contributed by atoms with Crippen molar-refractivity contribution in [2.75, 3.05) is 0 Å². The van der Waals surface area contributed by atoms with Gasteiger partial charge in [0.25, 0.3) is 0 Å². The molecule has 0 saturated heterocycles. The second-order valence-electron chi connectivity index (χ2n) is 6.12. The second-order valence-corrected chi connectivity index (χ2v) is 6.12. The molecule has 0 aliphatic carbocycles. The van der Waals surface area contributed by atoms with Crippen LogP contribution in [0.1, 0.15) is 39.7 Å². The predicted molar refractivity (Wildman–Crippen MR) is 91.1 cm³/mol. The van der Waals surface area contributed by atoms with Crippen molar-refractivity contribution < 1.29 is 14.6 Å². The van der Waals surface area contributed by atoms with Crippen LogP contribution in [0.25, 0.3) is 10.8 Å².